The van der Waals surface area contributed by atoms with Crippen LogP contribution in [0.3, 0.4) is 0 Å². The third-order valence-corrected chi connectivity index (χ3v) is 7.38. The monoisotopic (exact) mass is 621 g/mol. The van der Waals surface area contributed by atoms with Crippen LogP contribution in [0, 0.1) is 10.8 Å². The molecule has 0 aliphatic heterocycles. The number of aromatic hydroxyl groups is 2. The molecular weight excluding hydrogens is 599 g/mol. The summed E-state index contributed by atoms with van der Waals surface area (Å²) in [5, 5.41) is 24.8. The third kappa shape index (κ3) is 6.50. The van der Waals surface area contributed by atoms with E-state index in [1.165, 1.54) is 48.8 Å². The molecule has 1 aliphatic rings. The Labute approximate surface area is 247 Å². The number of pyridine rings is 1. The van der Waals surface area contributed by atoms with E-state index in [9.17, 15) is 28.7 Å². The maximum Gasteiger partial charge on any atom is 0.387 e. The minimum Gasteiger partial charge on any atom is -0.494 e. The largest absolute Gasteiger partial charge is 0.494 e. The van der Waals surface area contributed by atoms with Gasteiger partial charge in [0.05, 0.1) is 16.7 Å². The standard InChI is InChI=1S/C28H23Cl2F2N3O7/c29-20-10-33-11-21(30)19(20)9-23(15-3-6-22(42-28(31)32)24(7-15)40-13-14-1-2-14)41-25(36)12-35-26(37)17-5-4-16(34-39)8-18(17)27(35)38/h3-8,10-11,14,23,28,37-38H,1-2,9,12-13H2. The van der Waals surface area contributed by atoms with Crippen LogP contribution in [0.4, 0.5) is 14.5 Å². The number of rotatable bonds is 12. The van der Waals surface area contributed by atoms with Gasteiger partial charge in [-0.1, -0.05) is 29.3 Å². The van der Waals surface area contributed by atoms with E-state index in [-0.39, 0.29) is 44.4 Å². The van der Waals surface area contributed by atoms with Gasteiger partial charge >= 0.3 is 12.6 Å². The quantitative estimate of drug-likeness (QED) is 0.127. The predicted molar refractivity (Wildman–Crippen MR) is 149 cm³/mol. The summed E-state index contributed by atoms with van der Waals surface area (Å²) in [4.78, 5) is 28.1. The van der Waals surface area contributed by atoms with E-state index in [0.29, 0.717) is 23.7 Å². The second kappa shape index (κ2) is 12.4. The van der Waals surface area contributed by atoms with Gasteiger partial charge in [-0.25, -0.2) is 0 Å². The number of benzene rings is 2. The van der Waals surface area contributed by atoms with Crippen molar-refractivity contribution in [2.24, 2.45) is 11.1 Å². The minimum atomic E-state index is -3.09. The molecule has 2 heterocycles. The summed E-state index contributed by atoms with van der Waals surface area (Å²) in [6, 6.07) is 8.16. The van der Waals surface area contributed by atoms with Crippen LogP contribution in [0.15, 0.2) is 54.0 Å². The molecule has 0 saturated heterocycles. The molecule has 1 saturated carbocycles. The highest BCUT2D eigenvalue weighted by atomic mass is 35.5. The molecule has 5 rings (SSSR count). The second-order valence-corrected chi connectivity index (χ2v) is 10.5. The first kappa shape index (κ1) is 29.3. The zero-order valence-corrected chi connectivity index (χ0v) is 23.2. The minimum absolute atomic E-state index is 0.0164. The van der Waals surface area contributed by atoms with Gasteiger partial charge in [-0.05, 0) is 65.4 Å². The normalized spacial score (nSPS) is 13.7. The molecule has 1 unspecified atom stereocenters. The predicted octanol–water partition coefficient (Wildman–Crippen LogP) is 7.07. The summed E-state index contributed by atoms with van der Waals surface area (Å²) in [5.41, 5.74) is 0.779. The molecule has 0 spiro atoms. The van der Waals surface area contributed by atoms with Crippen molar-refractivity contribution in [3.63, 3.8) is 0 Å². The first-order valence-corrected chi connectivity index (χ1v) is 13.5. The van der Waals surface area contributed by atoms with Crippen LogP contribution in [0.2, 0.25) is 10.0 Å². The Morgan fingerprint density at radius 1 is 1.05 bits per heavy atom. The lowest BCUT2D eigenvalue weighted by Gasteiger charge is -2.22. The number of nitrogens with zero attached hydrogens (tertiary/aromatic N) is 3. The van der Waals surface area contributed by atoms with Crippen molar-refractivity contribution in [1.82, 2.24) is 9.55 Å². The highest BCUT2D eigenvalue weighted by molar-refractivity contribution is 6.35. The molecule has 1 fully saturated rings. The number of halogens is 4. The van der Waals surface area contributed by atoms with Gasteiger partial charge in [-0.15, -0.1) is 4.91 Å². The number of ether oxygens (including phenoxy) is 3. The average Bonchev–Trinajstić information content (AvgIpc) is 3.76. The number of hydrogen-bond donors (Lipinski definition) is 2. The maximum absolute atomic E-state index is 13.2. The van der Waals surface area contributed by atoms with Gasteiger partial charge in [0, 0.05) is 29.6 Å². The number of aromatic nitrogens is 2. The van der Waals surface area contributed by atoms with E-state index in [1.54, 1.807) is 0 Å². The Bertz CT molecular complexity index is 1630. The van der Waals surface area contributed by atoms with Gasteiger partial charge in [0.2, 0.25) is 11.8 Å². The summed E-state index contributed by atoms with van der Waals surface area (Å²) in [5.74, 6) is -1.62. The molecule has 220 valence electrons. The van der Waals surface area contributed by atoms with Gasteiger partial charge in [0.15, 0.2) is 11.5 Å². The number of carbonyl (C=O) groups excluding carboxylic acids is 1. The van der Waals surface area contributed by atoms with E-state index >= 15 is 0 Å². The number of hydrogen-bond acceptors (Lipinski definition) is 9. The van der Waals surface area contributed by atoms with Crippen LogP contribution in [-0.4, -0.2) is 39.0 Å². The van der Waals surface area contributed by atoms with Gasteiger partial charge in [0.25, 0.3) is 0 Å². The zero-order valence-electron chi connectivity index (χ0n) is 21.7. The fraction of sp³-hybridized carbons (Fsp3) is 0.286. The highest BCUT2D eigenvalue weighted by Gasteiger charge is 2.27. The van der Waals surface area contributed by atoms with Crippen LogP contribution < -0.4 is 9.47 Å². The van der Waals surface area contributed by atoms with Crippen LogP contribution in [0.5, 0.6) is 23.3 Å². The smallest absolute Gasteiger partial charge is 0.387 e. The molecule has 0 radical (unpaired) electrons. The SMILES string of the molecule is O=Nc1ccc2c(O)n(CC(=O)OC(Cc3c(Cl)cncc3Cl)c3ccc(OC(F)F)c(OCC4CC4)c3)c(O)c2c1. The lowest BCUT2D eigenvalue weighted by molar-refractivity contribution is -0.150. The molecule has 42 heavy (non-hydrogen) atoms. The molecule has 10 nitrogen and oxygen atoms in total. The molecule has 2 N–H and O–H groups in total. The van der Waals surface area contributed by atoms with Crippen molar-refractivity contribution in [3.05, 3.63) is 74.9 Å². The summed E-state index contributed by atoms with van der Waals surface area (Å²) < 4.78 is 43.2. The van der Waals surface area contributed by atoms with Crippen molar-refractivity contribution in [2.75, 3.05) is 6.61 Å². The van der Waals surface area contributed by atoms with Crippen LogP contribution in [0.25, 0.3) is 10.8 Å². The number of fused-ring (bicyclic) bond motifs is 1. The Balaban J connectivity index is 1.47. The first-order chi connectivity index (χ1) is 20.1. The molecule has 2 aromatic heterocycles. The van der Waals surface area contributed by atoms with Crippen molar-refractivity contribution in [1.29, 1.82) is 0 Å². The Hall–Kier alpha value is -4.16. The van der Waals surface area contributed by atoms with Crippen LogP contribution in [-0.2, 0) is 22.5 Å². The van der Waals surface area contributed by atoms with Gasteiger partial charge in [0.1, 0.15) is 18.3 Å². The van der Waals surface area contributed by atoms with E-state index in [2.05, 4.69) is 14.9 Å². The summed E-state index contributed by atoms with van der Waals surface area (Å²) in [7, 11) is 0. The fourth-order valence-electron chi connectivity index (χ4n) is 4.40. The number of esters is 1. The van der Waals surface area contributed by atoms with Crippen molar-refractivity contribution in [2.45, 2.75) is 38.5 Å². The topological polar surface area (TPSA) is 132 Å². The van der Waals surface area contributed by atoms with E-state index in [4.69, 9.17) is 32.7 Å². The van der Waals surface area contributed by atoms with Crippen LogP contribution in [0.1, 0.15) is 30.1 Å². The van der Waals surface area contributed by atoms with Gasteiger partial charge in [-0.2, -0.15) is 8.78 Å². The molecule has 1 atom stereocenters. The Morgan fingerprint density at radius 3 is 2.43 bits per heavy atom. The van der Waals surface area contributed by atoms with Crippen molar-refractivity contribution in [3.8, 4) is 23.3 Å². The number of alkyl halides is 2. The molecular formula is C28H23Cl2F2N3O7. The van der Waals surface area contributed by atoms with E-state index in [0.717, 1.165) is 17.4 Å². The van der Waals surface area contributed by atoms with Crippen molar-refractivity contribution < 1.29 is 38.0 Å². The van der Waals surface area contributed by atoms with E-state index in [1.807, 2.05) is 0 Å². The summed E-state index contributed by atoms with van der Waals surface area (Å²) in [6.45, 7) is -3.41. The third-order valence-electron chi connectivity index (χ3n) is 6.73. The molecule has 0 amide bonds. The average molecular weight is 622 g/mol. The fourth-order valence-corrected chi connectivity index (χ4v) is 4.92. The summed E-state index contributed by atoms with van der Waals surface area (Å²) >= 11 is 12.7. The summed E-state index contributed by atoms with van der Waals surface area (Å²) in [6.07, 6.45) is 3.56. The number of carbonyl (C=O) groups is 1. The molecule has 1 aliphatic carbocycles. The first-order valence-electron chi connectivity index (χ1n) is 12.7. The highest BCUT2D eigenvalue weighted by Crippen LogP contribution is 2.40. The zero-order chi connectivity index (χ0) is 30.0. The van der Waals surface area contributed by atoms with E-state index < -0.39 is 37.0 Å². The second-order valence-electron chi connectivity index (χ2n) is 9.66. The van der Waals surface area contributed by atoms with Gasteiger partial charge < -0.3 is 24.4 Å². The van der Waals surface area contributed by atoms with Gasteiger partial charge in [-0.3, -0.25) is 14.3 Å². The Morgan fingerprint density at radius 2 is 1.76 bits per heavy atom. The lowest BCUT2D eigenvalue weighted by Crippen LogP contribution is -2.19. The lowest BCUT2D eigenvalue weighted by atomic mass is 10.0. The Kier molecular flexibility index (Phi) is 8.64. The molecule has 14 heteroatoms. The molecule has 0 bridgehead atoms. The molecule has 4 aromatic rings. The van der Waals surface area contributed by atoms with Crippen molar-refractivity contribution >= 4 is 45.6 Å². The van der Waals surface area contributed by atoms with Crippen LogP contribution >= 0.6 is 23.2 Å². The maximum atomic E-state index is 13.2. The number of nitroso groups, excluding NO2 is 1. The molecule has 2 aromatic carbocycles.